The largest absolute Gasteiger partial charge is 0.493 e. The van der Waals surface area contributed by atoms with Gasteiger partial charge in [0.15, 0.2) is 11.5 Å². The van der Waals surface area contributed by atoms with Crippen LogP contribution in [0.2, 0.25) is 0 Å². The van der Waals surface area contributed by atoms with Crippen molar-refractivity contribution in [2.75, 3.05) is 31.3 Å². The van der Waals surface area contributed by atoms with Crippen LogP contribution in [0.4, 0.5) is 11.4 Å². The van der Waals surface area contributed by atoms with E-state index in [0.29, 0.717) is 22.5 Å². The van der Waals surface area contributed by atoms with Gasteiger partial charge in [-0.25, -0.2) is 0 Å². The molecule has 5 rings (SSSR count). The Bertz CT molecular complexity index is 1790. The summed E-state index contributed by atoms with van der Waals surface area (Å²) in [5, 5.41) is 6.69. The average molecular weight is 603 g/mol. The molecule has 4 aromatic carbocycles. The Labute approximate surface area is 264 Å². The minimum absolute atomic E-state index is 0.0789. The lowest BCUT2D eigenvalue weighted by Gasteiger charge is -2.19. The van der Waals surface area contributed by atoms with E-state index in [9.17, 15) is 9.59 Å². The van der Waals surface area contributed by atoms with Gasteiger partial charge in [0.1, 0.15) is 0 Å². The van der Waals surface area contributed by atoms with E-state index >= 15 is 0 Å². The summed E-state index contributed by atoms with van der Waals surface area (Å²) in [5.41, 5.74) is 5.00. The number of pyridine rings is 1. The number of nitrogens with zero attached hydrogens (tertiary/aromatic N) is 2. The topological polar surface area (TPSA) is 92.8 Å². The van der Waals surface area contributed by atoms with E-state index in [1.807, 2.05) is 74.5 Å². The minimum Gasteiger partial charge on any atom is -0.493 e. The van der Waals surface area contributed by atoms with Crippen molar-refractivity contribution in [2.45, 2.75) is 32.9 Å². The molecule has 0 atom stereocenters. The number of para-hydroxylation sites is 2. The van der Waals surface area contributed by atoms with Gasteiger partial charge >= 0.3 is 0 Å². The van der Waals surface area contributed by atoms with Gasteiger partial charge in [-0.15, -0.1) is 0 Å². The maximum Gasteiger partial charge on any atom is 0.257 e. The summed E-state index contributed by atoms with van der Waals surface area (Å²) in [6.45, 7) is 5.63. The first-order chi connectivity index (χ1) is 21.8. The summed E-state index contributed by atoms with van der Waals surface area (Å²) >= 11 is 0. The molecule has 2 N–H and O–H groups in total. The number of anilines is 2. The van der Waals surface area contributed by atoms with Gasteiger partial charge in [-0.05, 0) is 87.0 Å². The molecule has 2 amide bonds. The summed E-state index contributed by atoms with van der Waals surface area (Å²) in [5.74, 6) is 0.840. The van der Waals surface area contributed by atoms with Gasteiger partial charge in [-0.2, -0.15) is 0 Å². The van der Waals surface area contributed by atoms with Crippen molar-refractivity contribution in [1.29, 1.82) is 0 Å². The standard InChI is InChI=1S/C37H38N4O4/c1-25(2)45-34-18-15-27(21-35(34)44-4)24-41(3)20-19-26-13-16-30(17-14-26)39-37(43)31-10-6-8-12-33(31)40-36(42)29-22-28-9-5-7-11-32(28)38-23-29/h5-18,21-23,25H,19-20,24H2,1-4H3,(H,39,43)(H,40,42). The maximum absolute atomic E-state index is 13.2. The number of likely N-dealkylation sites (N-methyl/N-ethyl adjacent to an activating group) is 1. The van der Waals surface area contributed by atoms with E-state index in [2.05, 4.69) is 33.6 Å². The fraction of sp³-hybridized carbons (Fsp3) is 0.216. The number of nitrogens with one attached hydrogen (secondary N) is 2. The van der Waals surface area contributed by atoms with E-state index in [0.717, 1.165) is 53.0 Å². The molecule has 0 bridgehead atoms. The summed E-state index contributed by atoms with van der Waals surface area (Å²) in [6, 6.07) is 30.2. The van der Waals surface area contributed by atoms with Gasteiger partial charge in [-0.3, -0.25) is 14.6 Å². The van der Waals surface area contributed by atoms with Crippen LogP contribution >= 0.6 is 0 Å². The molecule has 0 fully saturated rings. The van der Waals surface area contributed by atoms with Gasteiger partial charge in [-0.1, -0.05) is 48.5 Å². The van der Waals surface area contributed by atoms with Crippen molar-refractivity contribution in [3.8, 4) is 11.5 Å². The van der Waals surface area contributed by atoms with Crippen LogP contribution < -0.4 is 20.1 Å². The van der Waals surface area contributed by atoms with E-state index in [1.54, 1.807) is 37.4 Å². The maximum atomic E-state index is 13.2. The summed E-state index contributed by atoms with van der Waals surface area (Å²) in [7, 11) is 3.75. The molecule has 0 spiro atoms. The highest BCUT2D eigenvalue weighted by Crippen LogP contribution is 2.29. The smallest absolute Gasteiger partial charge is 0.257 e. The van der Waals surface area contributed by atoms with Crippen LogP contribution in [0.15, 0.2) is 103 Å². The highest BCUT2D eigenvalue weighted by atomic mass is 16.5. The highest BCUT2D eigenvalue weighted by molar-refractivity contribution is 6.13. The van der Waals surface area contributed by atoms with Crippen LogP contribution in [0.3, 0.4) is 0 Å². The molecule has 0 aliphatic heterocycles. The Hall–Kier alpha value is -5.21. The summed E-state index contributed by atoms with van der Waals surface area (Å²) in [4.78, 5) is 32.9. The third kappa shape index (κ3) is 8.25. The van der Waals surface area contributed by atoms with Gasteiger partial charge in [0.05, 0.1) is 35.5 Å². The molecule has 0 aliphatic carbocycles. The van der Waals surface area contributed by atoms with Crippen molar-refractivity contribution in [2.24, 2.45) is 0 Å². The number of carbonyl (C=O) groups is 2. The molecule has 5 aromatic rings. The van der Waals surface area contributed by atoms with Gasteiger partial charge in [0.25, 0.3) is 11.8 Å². The molecule has 1 heterocycles. The molecule has 0 unspecified atom stereocenters. The van der Waals surface area contributed by atoms with E-state index < -0.39 is 0 Å². The first-order valence-corrected chi connectivity index (χ1v) is 15.0. The molecule has 8 nitrogen and oxygen atoms in total. The average Bonchev–Trinajstić information content (AvgIpc) is 3.05. The Morgan fingerprint density at radius 2 is 1.56 bits per heavy atom. The van der Waals surface area contributed by atoms with E-state index in [1.165, 1.54) is 6.20 Å². The molecule has 45 heavy (non-hydrogen) atoms. The number of carbonyl (C=O) groups excluding carboxylic acids is 2. The first kappa shape index (κ1) is 31.2. The van der Waals surface area contributed by atoms with Gasteiger partial charge < -0.3 is 25.0 Å². The number of fused-ring (bicyclic) bond motifs is 1. The van der Waals surface area contributed by atoms with Crippen LogP contribution in [0, 0.1) is 0 Å². The second-order valence-electron chi connectivity index (χ2n) is 11.2. The highest BCUT2D eigenvalue weighted by Gasteiger charge is 2.15. The Kier molecular flexibility index (Phi) is 10.1. The predicted octanol–water partition coefficient (Wildman–Crippen LogP) is 7.21. The Morgan fingerprint density at radius 1 is 0.822 bits per heavy atom. The monoisotopic (exact) mass is 602 g/mol. The zero-order valence-corrected chi connectivity index (χ0v) is 26.0. The second-order valence-corrected chi connectivity index (χ2v) is 11.2. The number of aromatic nitrogens is 1. The van der Waals surface area contributed by atoms with Crippen molar-refractivity contribution in [3.05, 3.63) is 126 Å². The lowest BCUT2D eigenvalue weighted by Crippen LogP contribution is -2.21. The molecule has 230 valence electrons. The van der Waals surface area contributed by atoms with Crippen LogP contribution in [-0.2, 0) is 13.0 Å². The molecule has 0 aliphatic rings. The molecule has 0 radical (unpaired) electrons. The van der Waals surface area contributed by atoms with Crippen molar-refractivity contribution >= 4 is 34.1 Å². The quantitative estimate of drug-likeness (QED) is 0.157. The summed E-state index contributed by atoms with van der Waals surface area (Å²) in [6.07, 6.45) is 2.47. The third-order valence-corrected chi connectivity index (χ3v) is 7.31. The first-order valence-electron chi connectivity index (χ1n) is 15.0. The molecular formula is C37H38N4O4. The predicted molar refractivity (Wildman–Crippen MR) is 179 cm³/mol. The Balaban J connectivity index is 1.16. The molecular weight excluding hydrogens is 564 g/mol. The number of ether oxygens (including phenoxy) is 2. The lowest BCUT2D eigenvalue weighted by molar-refractivity contribution is 0.102. The van der Waals surface area contributed by atoms with E-state index in [4.69, 9.17) is 9.47 Å². The summed E-state index contributed by atoms with van der Waals surface area (Å²) < 4.78 is 11.4. The zero-order valence-electron chi connectivity index (χ0n) is 26.0. The Morgan fingerprint density at radius 3 is 2.33 bits per heavy atom. The third-order valence-electron chi connectivity index (χ3n) is 7.31. The minimum atomic E-state index is -0.334. The molecule has 1 aromatic heterocycles. The van der Waals surface area contributed by atoms with Gasteiger partial charge in [0, 0.05) is 30.4 Å². The fourth-order valence-corrected chi connectivity index (χ4v) is 5.01. The van der Waals surface area contributed by atoms with Crippen LogP contribution in [0.5, 0.6) is 11.5 Å². The number of rotatable bonds is 12. The van der Waals surface area contributed by atoms with Crippen molar-refractivity contribution in [1.82, 2.24) is 9.88 Å². The number of methoxy groups -OCH3 is 1. The fourth-order valence-electron chi connectivity index (χ4n) is 5.01. The number of hydrogen-bond donors (Lipinski definition) is 2. The molecule has 0 saturated carbocycles. The lowest BCUT2D eigenvalue weighted by atomic mass is 10.1. The number of amides is 2. The molecule has 0 saturated heterocycles. The second kappa shape index (κ2) is 14.5. The van der Waals surface area contributed by atoms with Gasteiger partial charge in [0.2, 0.25) is 0 Å². The van der Waals surface area contributed by atoms with Crippen LogP contribution in [0.1, 0.15) is 45.7 Å². The number of benzene rings is 4. The normalized spacial score (nSPS) is 11.1. The van der Waals surface area contributed by atoms with E-state index in [-0.39, 0.29) is 17.9 Å². The number of hydrogen-bond acceptors (Lipinski definition) is 6. The van der Waals surface area contributed by atoms with Crippen LogP contribution in [0.25, 0.3) is 10.9 Å². The van der Waals surface area contributed by atoms with Crippen molar-refractivity contribution < 1.29 is 19.1 Å². The SMILES string of the molecule is COc1cc(CN(C)CCc2ccc(NC(=O)c3ccccc3NC(=O)c3cnc4ccccc4c3)cc2)ccc1OC(C)C. The van der Waals surface area contributed by atoms with Crippen LogP contribution in [-0.4, -0.2) is 48.5 Å². The zero-order chi connectivity index (χ0) is 31.8. The van der Waals surface area contributed by atoms with Crippen molar-refractivity contribution in [3.63, 3.8) is 0 Å². The molecule has 8 heteroatoms.